The molecule has 0 radical (unpaired) electrons. The normalized spacial score (nSPS) is 26.3. The molecule has 0 fully saturated rings. The van der Waals surface area contributed by atoms with Crippen LogP contribution in [0.2, 0.25) is 0 Å². The SMILES string of the molecule is NC[C@H]1CC(O)c2ccccc2O1. The third-order valence-corrected chi connectivity index (χ3v) is 2.32. The second-order valence-corrected chi connectivity index (χ2v) is 3.26. The summed E-state index contributed by atoms with van der Waals surface area (Å²) >= 11 is 0. The van der Waals surface area contributed by atoms with E-state index in [0.717, 1.165) is 11.3 Å². The predicted octanol–water partition coefficient (Wildman–Crippen LogP) is 0.830. The van der Waals surface area contributed by atoms with E-state index in [4.69, 9.17) is 10.5 Å². The number of hydrogen-bond donors (Lipinski definition) is 2. The minimum Gasteiger partial charge on any atom is -0.489 e. The maximum atomic E-state index is 9.73. The summed E-state index contributed by atoms with van der Waals surface area (Å²) in [6, 6.07) is 7.53. The molecule has 0 aromatic heterocycles. The van der Waals surface area contributed by atoms with E-state index < -0.39 is 6.10 Å². The van der Waals surface area contributed by atoms with Crippen molar-refractivity contribution in [3.63, 3.8) is 0 Å². The molecule has 1 aliphatic rings. The van der Waals surface area contributed by atoms with Crippen molar-refractivity contribution < 1.29 is 9.84 Å². The number of benzene rings is 1. The molecule has 70 valence electrons. The average molecular weight is 179 g/mol. The first-order chi connectivity index (χ1) is 6.31. The van der Waals surface area contributed by atoms with Crippen LogP contribution in [0, 0.1) is 0 Å². The lowest BCUT2D eigenvalue weighted by Crippen LogP contribution is -2.32. The van der Waals surface area contributed by atoms with Gasteiger partial charge in [-0.15, -0.1) is 0 Å². The van der Waals surface area contributed by atoms with Gasteiger partial charge in [0.2, 0.25) is 0 Å². The summed E-state index contributed by atoms with van der Waals surface area (Å²) in [5, 5.41) is 9.73. The first-order valence-corrected chi connectivity index (χ1v) is 4.45. The molecule has 13 heavy (non-hydrogen) atoms. The molecule has 3 heteroatoms. The fourth-order valence-electron chi connectivity index (χ4n) is 1.61. The van der Waals surface area contributed by atoms with Gasteiger partial charge in [0.15, 0.2) is 0 Å². The highest BCUT2D eigenvalue weighted by Gasteiger charge is 2.25. The van der Waals surface area contributed by atoms with Crippen molar-refractivity contribution >= 4 is 0 Å². The number of ether oxygens (including phenoxy) is 1. The second kappa shape index (κ2) is 3.36. The predicted molar refractivity (Wildman–Crippen MR) is 49.5 cm³/mol. The van der Waals surface area contributed by atoms with Gasteiger partial charge in [-0.2, -0.15) is 0 Å². The zero-order valence-electron chi connectivity index (χ0n) is 7.31. The Bertz CT molecular complexity index is 301. The van der Waals surface area contributed by atoms with Crippen LogP contribution in [0.15, 0.2) is 24.3 Å². The molecule has 1 unspecified atom stereocenters. The molecule has 0 aliphatic carbocycles. The van der Waals surface area contributed by atoms with Crippen LogP contribution in [0.1, 0.15) is 18.1 Å². The lowest BCUT2D eigenvalue weighted by atomic mass is 9.99. The molecule has 1 heterocycles. The number of aliphatic hydroxyl groups excluding tert-OH is 1. The molecule has 1 aromatic carbocycles. The number of rotatable bonds is 1. The Morgan fingerprint density at radius 3 is 3.00 bits per heavy atom. The van der Waals surface area contributed by atoms with E-state index in [1.165, 1.54) is 0 Å². The van der Waals surface area contributed by atoms with Crippen LogP contribution >= 0.6 is 0 Å². The van der Waals surface area contributed by atoms with E-state index in [2.05, 4.69) is 0 Å². The van der Waals surface area contributed by atoms with Gasteiger partial charge in [0.1, 0.15) is 11.9 Å². The van der Waals surface area contributed by atoms with Crippen molar-refractivity contribution in [3.05, 3.63) is 29.8 Å². The first kappa shape index (κ1) is 8.53. The van der Waals surface area contributed by atoms with E-state index in [-0.39, 0.29) is 6.10 Å². The van der Waals surface area contributed by atoms with Gasteiger partial charge in [-0.3, -0.25) is 0 Å². The summed E-state index contributed by atoms with van der Waals surface area (Å²) in [5.41, 5.74) is 6.35. The van der Waals surface area contributed by atoms with Crippen molar-refractivity contribution in [2.24, 2.45) is 5.73 Å². The van der Waals surface area contributed by atoms with Crippen molar-refractivity contribution in [1.82, 2.24) is 0 Å². The van der Waals surface area contributed by atoms with Crippen LogP contribution in [0.5, 0.6) is 5.75 Å². The average Bonchev–Trinajstić information content (AvgIpc) is 2.18. The third-order valence-electron chi connectivity index (χ3n) is 2.32. The van der Waals surface area contributed by atoms with Crippen LogP contribution in [0.25, 0.3) is 0 Å². The van der Waals surface area contributed by atoms with Gasteiger partial charge in [-0.25, -0.2) is 0 Å². The molecule has 1 aliphatic heterocycles. The Balaban J connectivity index is 2.31. The fraction of sp³-hybridized carbons (Fsp3) is 0.400. The van der Waals surface area contributed by atoms with E-state index in [1.807, 2.05) is 24.3 Å². The van der Waals surface area contributed by atoms with E-state index >= 15 is 0 Å². The maximum Gasteiger partial charge on any atom is 0.125 e. The summed E-state index contributed by atoms with van der Waals surface area (Å²) in [6.07, 6.45) is 0.108. The van der Waals surface area contributed by atoms with Crippen LogP contribution < -0.4 is 10.5 Å². The summed E-state index contributed by atoms with van der Waals surface area (Å²) in [6.45, 7) is 0.450. The van der Waals surface area contributed by atoms with Gasteiger partial charge in [0.05, 0.1) is 6.10 Å². The molecule has 0 bridgehead atoms. The maximum absolute atomic E-state index is 9.73. The largest absolute Gasteiger partial charge is 0.489 e. The topological polar surface area (TPSA) is 55.5 Å². The Morgan fingerprint density at radius 1 is 1.46 bits per heavy atom. The van der Waals surface area contributed by atoms with Crippen LogP contribution in [-0.4, -0.2) is 17.8 Å². The van der Waals surface area contributed by atoms with Crippen LogP contribution in [-0.2, 0) is 0 Å². The van der Waals surface area contributed by atoms with Crippen molar-refractivity contribution in [2.45, 2.75) is 18.6 Å². The Morgan fingerprint density at radius 2 is 2.23 bits per heavy atom. The summed E-state index contributed by atoms with van der Waals surface area (Å²) in [4.78, 5) is 0. The smallest absolute Gasteiger partial charge is 0.125 e. The number of aliphatic hydroxyl groups is 1. The minimum absolute atomic E-state index is 0.0510. The van der Waals surface area contributed by atoms with Crippen LogP contribution in [0.4, 0.5) is 0 Å². The molecule has 2 atom stereocenters. The van der Waals surface area contributed by atoms with Gasteiger partial charge in [-0.05, 0) is 6.07 Å². The van der Waals surface area contributed by atoms with Crippen LogP contribution in [0.3, 0.4) is 0 Å². The van der Waals surface area contributed by atoms with E-state index in [1.54, 1.807) is 0 Å². The second-order valence-electron chi connectivity index (χ2n) is 3.26. The van der Waals surface area contributed by atoms with Gasteiger partial charge in [-0.1, -0.05) is 18.2 Å². The van der Waals surface area contributed by atoms with Gasteiger partial charge in [0, 0.05) is 18.5 Å². The molecule has 0 spiro atoms. The molecule has 1 aromatic rings. The van der Waals surface area contributed by atoms with Gasteiger partial charge in [0.25, 0.3) is 0 Å². The quantitative estimate of drug-likeness (QED) is 0.671. The van der Waals surface area contributed by atoms with Crippen molar-refractivity contribution in [1.29, 1.82) is 0 Å². The summed E-state index contributed by atoms with van der Waals surface area (Å²) in [7, 11) is 0. The Hall–Kier alpha value is -1.06. The monoisotopic (exact) mass is 179 g/mol. The third kappa shape index (κ3) is 1.53. The molecule has 3 nitrogen and oxygen atoms in total. The standard InChI is InChI=1S/C10H13NO2/c11-6-7-5-9(12)8-3-1-2-4-10(8)13-7/h1-4,7,9,12H,5-6,11H2/t7-,9?/m1/s1. The van der Waals surface area contributed by atoms with Gasteiger partial charge >= 0.3 is 0 Å². The highest BCUT2D eigenvalue weighted by Crippen LogP contribution is 2.33. The molecule has 0 saturated heterocycles. The summed E-state index contributed by atoms with van der Waals surface area (Å²) < 4.78 is 5.57. The molecule has 3 N–H and O–H groups in total. The molecular weight excluding hydrogens is 166 g/mol. The molecule has 0 amide bonds. The fourth-order valence-corrected chi connectivity index (χ4v) is 1.61. The highest BCUT2D eigenvalue weighted by molar-refractivity contribution is 5.36. The minimum atomic E-state index is -0.432. The van der Waals surface area contributed by atoms with Crippen molar-refractivity contribution in [3.8, 4) is 5.75 Å². The summed E-state index contributed by atoms with van der Waals surface area (Å²) in [5.74, 6) is 0.761. The Labute approximate surface area is 77.1 Å². The lowest BCUT2D eigenvalue weighted by molar-refractivity contribution is 0.0701. The number of para-hydroxylation sites is 1. The van der Waals surface area contributed by atoms with Gasteiger partial charge < -0.3 is 15.6 Å². The highest BCUT2D eigenvalue weighted by atomic mass is 16.5. The van der Waals surface area contributed by atoms with E-state index in [0.29, 0.717) is 13.0 Å². The zero-order chi connectivity index (χ0) is 9.26. The molecule has 2 rings (SSSR count). The molecular formula is C10H13NO2. The molecule has 0 saturated carbocycles. The zero-order valence-corrected chi connectivity index (χ0v) is 7.31. The Kier molecular flexibility index (Phi) is 2.20. The van der Waals surface area contributed by atoms with E-state index in [9.17, 15) is 5.11 Å². The van der Waals surface area contributed by atoms with Crippen molar-refractivity contribution in [2.75, 3.05) is 6.54 Å². The number of fused-ring (bicyclic) bond motifs is 1. The number of nitrogens with two attached hydrogens (primary N) is 1. The first-order valence-electron chi connectivity index (χ1n) is 4.45. The lowest BCUT2D eigenvalue weighted by Gasteiger charge is -2.28. The number of hydrogen-bond acceptors (Lipinski definition) is 3.